The van der Waals surface area contributed by atoms with E-state index in [-0.39, 0.29) is 5.91 Å². The van der Waals surface area contributed by atoms with Gasteiger partial charge in [0.1, 0.15) is 0 Å². The van der Waals surface area contributed by atoms with E-state index in [0.717, 1.165) is 23.8 Å². The smallest absolute Gasteiger partial charge is 0.224 e. The summed E-state index contributed by atoms with van der Waals surface area (Å²) in [5, 5.41) is 3.16. The van der Waals surface area contributed by atoms with Gasteiger partial charge in [-0.05, 0) is 49.4 Å². The molecule has 3 rings (SSSR count). The molecule has 1 aromatic rings. The Balaban J connectivity index is 1.39. The van der Waals surface area contributed by atoms with Gasteiger partial charge in [-0.2, -0.15) is 0 Å². The van der Waals surface area contributed by atoms with E-state index >= 15 is 0 Å². The lowest BCUT2D eigenvalue weighted by Gasteiger charge is -2.31. The maximum atomic E-state index is 12.2. The van der Waals surface area contributed by atoms with Crippen LogP contribution in [0, 0.1) is 5.92 Å². The highest BCUT2D eigenvalue weighted by Crippen LogP contribution is 2.27. The van der Waals surface area contributed by atoms with Crippen molar-refractivity contribution in [1.29, 1.82) is 0 Å². The van der Waals surface area contributed by atoms with E-state index < -0.39 is 0 Å². The fourth-order valence-corrected chi connectivity index (χ4v) is 4.23. The number of nitrogens with zero attached hydrogens (tertiary/aromatic N) is 2. The van der Waals surface area contributed by atoms with Crippen LogP contribution in [0.3, 0.4) is 0 Å². The Kier molecular flexibility index (Phi) is 6.35. The summed E-state index contributed by atoms with van der Waals surface area (Å²) in [7, 11) is 4.06. The van der Waals surface area contributed by atoms with Crippen molar-refractivity contribution in [3.8, 4) is 0 Å². The number of hydrogen-bond donors (Lipinski definition) is 1. The maximum absolute atomic E-state index is 12.2. The van der Waals surface area contributed by atoms with E-state index in [0.29, 0.717) is 12.3 Å². The van der Waals surface area contributed by atoms with Crippen molar-refractivity contribution in [2.24, 2.45) is 5.92 Å². The summed E-state index contributed by atoms with van der Waals surface area (Å²) in [6, 6.07) is 9.05. The molecule has 4 heteroatoms. The molecular formula is C21H33N3O. The quantitative estimate of drug-likeness (QED) is 0.862. The summed E-state index contributed by atoms with van der Waals surface area (Å²) >= 11 is 0. The fourth-order valence-electron chi connectivity index (χ4n) is 4.23. The summed E-state index contributed by atoms with van der Waals surface area (Å²) in [4.78, 5) is 17.0. The third-order valence-corrected chi connectivity index (χ3v) is 5.81. The van der Waals surface area contributed by atoms with Crippen molar-refractivity contribution >= 4 is 11.6 Å². The van der Waals surface area contributed by atoms with Gasteiger partial charge in [-0.15, -0.1) is 0 Å². The summed E-state index contributed by atoms with van der Waals surface area (Å²) in [6.45, 7) is 3.22. The third kappa shape index (κ3) is 5.21. The average molecular weight is 344 g/mol. The van der Waals surface area contributed by atoms with E-state index in [1.165, 1.54) is 51.6 Å². The standard InChI is InChI=1S/C21H33N3O/c1-23(2)19-10-8-17(9-11-19)14-21(25)22-15-18-12-13-24(16-18)20-6-4-3-5-7-20/h8-11,18,20H,3-7,12-16H2,1-2H3,(H,22,25)/t18-/m0/s1. The Morgan fingerprint density at radius 2 is 1.84 bits per heavy atom. The molecular weight excluding hydrogens is 310 g/mol. The highest BCUT2D eigenvalue weighted by molar-refractivity contribution is 5.78. The average Bonchev–Trinajstić information content (AvgIpc) is 3.10. The van der Waals surface area contributed by atoms with Gasteiger partial charge in [0.25, 0.3) is 0 Å². The molecule has 1 aliphatic carbocycles. The van der Waals surface area contributed by atoms with Crippen molar-refractivity contribution in [2.45, 2.75) is 51.0 Å². The molecule has 1 amide bonds. The first-order valence-electron chi connectivity index (χ1n) is 9.89. The number of amides is 1. The van der Waals surface area contributed by atoms with Gasteiger partial charge < -0.3 is 15.1 Å². The Morgan fingerprint density at radius 1 is 1.12 bits per heavy atom. The van der Waals surface area contributed by atoms with Crippen molar-refractivity contribution < 1.29 is 4.79 Å². The second-order valence-electron chi connectivity index (χ2n) is 7.98. The molecule has 4 nitrogen and oxygen atoms in total. The SMILES string of the molecule is CN(C)c1ccc(CC(=O)NC[C@@H]2CCN(C3CCCCC3)C2)cc1. The topological polar surface area (TPSA) is 35.6 Å². The number of hydrogen-bond acceptors (Lipinski definition) is 3. The van der Waals surface area contributed by atoms with Crippen LogP contribution >= 0.6 is 0 Å². The first-order chi connectivity index (χ1) is 12.1. The predicted molar refractivity (Wildman–Crippen MR) is 104 cm³/mol. The maximum Gasteiger partial charge on any atom is 0.224 e. The van der Waals surface area contributed by atoms with E-state index in [1.807, 2.05) is 14.1 Å². The van der Waals surface area contributed by atoms with Gasteiger partial charge in [0.15, 0.2) is 0 Å². The van der Waals surface area contributed by atoms with Crippen molar-refractivity contribution in [3.63, 3.8) is 0 Å². The Bertz CT molecular complexity index is 549. The predicted octanol–water partition coefficient (Wildman–Crippen LogP) is 3.07. The highest BCUT2D eigenvalue weighted by atomic mass is 16.1. The second kappa shape index (κ2) is 8.70. The molecule has 0 spiro atoms. The monoisotopic (exact) mass is 343 g/mol. The van der Waals surface area contributed by atoms with Gasteiger partial charge in [-0.3, -0.25) is 4.79 Å². The molecule has 0 unspecified atom stereocenters. The van der Waals surface area contributed by atoms with Crippen LogP contribution in [0.1, 0.15) is 44.1 Å². The van der Waals surface area contributed by atoms with Crippen LogP contribution in [0.15, 0.2) is 24.3 Å². The molecule has 1 heterocycles. The van der Waals surface area contributed by atoms with Crippen LogP contribution < -0.4 is 10.2 Å². The first kappa shape index (κ1) is 18.2. The van der Waals surface area contributed by atoms with Crippen LogP contribution in [0.4, 0.5) is 5.69 Å². The van der Waals surface area contributed by atoms with Crippen molar-refractivity contribution in [2.75, 3.05) is 38.6 Å². The highest BCUT2D eigenvalue weighted by Gasteiger charge is 2.29. The third-order valence-electron chi connectivity index (χ3n) is 5.81. The van der Waals surface area contributed by atoms with Gasteiger partial charge in [0.2, 0.25) is 5.91 Å². The van der Waals surface area contributed by atoms with Crippen LogP contribution in [-0.2, 0) is 11.2 Å². The molecule has 0 bridgehead atoms. The molecule has 1 aliphatic heterocycles. The largest absolute Gasteiger partial charge is 0.378 e. The summed E-state index contributed by atoms with van der Waals surface area (Å²) in [5.41, 5.74) is 2.25. The van der Waals surface area contributed by atoms with Crippen LogP contribution in [0.5, 0.6) is 0 Å². The zero-order chi connectivity index (χ0) is 17.6. The van der Waals surface area contributed by atoms with Crippen molar-refractivity contribution in [3.05, 3.63) is 29.8 Å². The number of nitrogens with one attached hydrogen (secondary N) is 1. The second-order valence-corrected chi connectivity index (χ2v) is 7.98. The van der Waals surface area contributed by atoms with E-state index in [2.05, 4.69) is 39.4 Å². The minimum atomic E-state index is 0.147. The van der Waals surface area contributed by atoms with E-state index in [4.69, 9.17) is 0 Å². The van der Waals surface area contributed by atoms with Gasteiger partial charge in [-0.1, -0.05) is 31.4 Å². The number of likely N-dealkylation sites (tertiary alicyclic amines) is 1. The summed E-state index contributed by atoms with van der Waals surface area (Å²) in [5.74, 6) is 0.774. The van der Waals surface area contributed by atoms with Gasteiger partial charge in [0, 0.05) is 38.9 Å². The lowest BCUT2D eigenvalue weighted by atomic mass is 9.94. The lowest BCUT2D eigenvalue weighted by molar-refractivity contribution is -0.120. The molecule has 1 saturated carbocycles. The number of anilines is 1. The van der Waals surface area contributed by atoms with Gasteiger partial charge >= 0.3 is 0 Å². The first-order valence-corrected chi connectivity index (χ1v) is 9.89. The number of carbonyl (C=O) groups excluding carboxylic acids is 1. The zero-order valence-electron chi connectivity index (χ0n) is 15.8. The van der Waals surface area contributed by atoms with Gasteiger partial charge in [0.05, 0.1) is 6.42 Å². The van der Waals surface area contributed by atoms with E-state index in [1.54, 1.807) is 0 Å². The molecule has 1 N–H and O–H groups in total. The zero-order valence-corrected chi connectivity index (χ0v) is 15.8. The molecule has 0 radical (unpaired) electrons. The molecule has 1 saturated heterocycles. The Hall–Kier alpha value is -1.55. The molecule has 2 fully saturated rings. The van der Waals surface area contributed by atoms with Crippen LogP contribution in [-0.4, -0.2) is 50.6 Å². The number of benzene rings is 1. The van der Waals surface area contributed by atoms with E-state index in [9.17, 15) is 4.79 Å². The molecule has 1 atom stereocenters. The number of rotatable bonds is 6. The fraction of sp³-hybridized carbons (Fsp3) is 0.667. The molecule has 1 aromatic carbocycles. The minimum absolute atomic E-state index is 0.147. The van der Waals surface area contributed by atoms with Crippen LogP contribution in [0.2, 0.25) is 0 Å². The minimum Gasteiger partial charge on any atom is -0.378 e. The molecule has 138 valence electrons. The molecule has 2 aliphatic rings. The van der Waals surface area contributed by atoms with Crippen LogP contribution in [0.25, 0.3) is 0 Å². The summed E-state index contributed by atoms with van der Waals surface area (Å²) in [6.07, 6.45) is 8.68. The normalized spacial score (nSPS) is 22.1. The summed E-state index contributed by atoms with van der Waals surface area (Å²) < 4.78 is 0. The van der Waals surface area contributed by atoms with Crippen molar-refractivity contribution in [1.82, 2.24) is 10.2 Å². The Labute approximate surface area is 152 Å². The number of carbonyl (C=O) groups is 1. The molecule has 25 heavy (non-hydrogen) atoms. The van der Waals surface area contributed by atoms with Gasteiger partial charge in [-0.25, -0.2) is 0 Å². The Morgan fingerprint density at radius 3 is 2.52 bits per heavy atom. The lowest BCUT2D eigenvalue weighted by Crippen LogP contribution is -2.36. The molecule has 0 aromatic heterocycles.